The number of esters is 1. The lowest BCUT2D eigenvalue weighted by atomic mass is 10.2. The first kappa shape index (κ1) is 11.0. The number of benzene rings is 1. The average molecular weight is 248 g/mol. The van der Waals surface area contributed by atoms with Crippen LogP contribution in [-0.4, -0.2) is 25.5 Å². The Labute approximate surface area is 104 Å². The summed E-state index contributed by atoms with van der Waals surface area (Å²) in [4.78, 5) is 11.0. The summed E-state index contributed by atoms with van der Waals surface area (Å²) in [6, 6.07) is 5.36. The summed E-state index contributed by atoms with van der Waals surface area (Å²) in [7, 11) is 0. The van der Waals surface area contributed by atoms with Gasteiger partial charge < -0.3 is 18.9 Å². The minimum absolute atomic E-state index is 0.229. The van der Waals surface area contributed by atoms with Crippen LogP contribution in [0.5, 0.6) is 17.2 Å². The third kappa shape index (κ3) is 2.25. The number of carbonyl (C=O) groups excluding carboxylic acids is 1. The van der Waals surface area contributed by atoms with Crippen LogP contribution in [0, 0.1) is 0 Å². The van der Waals surface area contributed by atoms with Crippen molar-refractivity contribution < 1.29 is 23.7 Å². The van der Waals surface area contributed by atoms with Crippen LogP contribution in [0.4, 0.5) is 0 Å². The lowest BCUT2D eigenvalue weighted by Gasteiger charge is -2.19. The second-order valence-corrected chi connectivity index (χ2v) is 4.02. The minimum atomic E-state index is -0.319. The van der Waals surface area contributed by atoms with Gasteiger partial charge in [-0.1, -0.05) is 6.08 Å². The van der Waals surface area contributed by atoms with Crippen LogP contribution >= 0.6 is 0 Å². The minimum Gasteiger partial charge on any atom is -0.490 e. The zero-order valence-electron chi connectivity index (χ0n) is 9.63. The highest BCUT2D eigenvalue weighted by atomic mass is 16.7. The molecule has 2 heterocycles. The summed E-state index contributed by atoms with van der Waals surface area (Å²) in [5.74, 6) is 1.74. The molecule has 0 fully saturated rings. The van der Waals surface area contributed by atoms with Crippen LogP contribution in [0.2, 0.25) is 0 Å². The van der Waals surface area contributed by atoms with E-state index in [0.29, 0.717) is 24.5 Å². The molecule has 0 spiro atoms. The van der Waals surface area contributed by atoms with Crippen LogP contribution in [0.25, 0.3) is 0 Å². The van der Waals surface area contributed by atoms with E-state index < -0.39 is 0 Å². The molecule has 1 atom stereocenters. The predicted octanol–water partition coefficient (Wildman–Crippen LogP) is 1.67. The summed E-state index contributed by atoms with van der Waals surface area (Å²) in [6.07, 6.45) is 3.67. The quantitative estimate of drug-likeness (QED) is 0.761. The van der Waals surface area contributed by atoms with Crippen molar-refractivity contribution in [2.45, 2.75) is 12.5 Å². The van der Waals surface area contributed by atoms with Gasteiger partial charge in [-0.25, -0.2) is 4.79 Å². The molecule has 2 aliphatic heterocycles. The number of fused-ring (bicyclic) bond motifs is 1. The largest absolute Gasteiger partial charge is 0.490 e. The van der Waals surface area contributed by atoms with Gasteiger partial charge in [0.15, 0.2) is 11.5 Å². The number of hydrogen-bond donors (Lipinski definition) is 0. The van der Waals surface area contributed by atoms with E-state index in [1.807, 2.05) is 0 Å². The first-order valence-electron chi connectivity index (χ1n) is 5.71. The van der Waals surface area contributed by atoms with E-state index in [2.05, 4.69) is 0 Å². The second kappa shape index (κ2) is 4.60. The normalized spacial score (nSPS) is 20.7. The van der Waals surface area contributed by atoms with Crippen molar-refractivity contribution in [3.63, 3.8) is 0 Å². The third-order valence-corrected chi connectivity index (χ3v) is 2.72. The maximum Gasteiger partial charge on any atom is 0.330 e. The monoisotopic (exact) mass is 248 g/mol. The Hall–Kier alpha value is -2.17. The van der Waals surface area contributed by atoms with E-state index in [1.54, 1.807) is 24.3 Å². The fourth-order valence-electron chi connectivity index (χ4n) is 1.83. The Kier molecular flexibility index (Phi) is 2.80. The lowest BCUT2D eigenvalue weighted by Crippen LogP contribution is -2.26. The first-order valence-corrected chi connectivity index (χ1v) is 5.71. The Bertz CT molecular complexity index is 494. The molecule has 0 N–H and O–H groups in total. The summed E-state index contributed by atoms with van der Waals surface area (Å²) in [5, 5.41) is 0. The summed E-state index contributed by atoms with van der Waals surface area (Å²) < 4.78 is 21.1. The zero-order chi connectivity index (χ0) is 12.4. The predicted molar refractivity (Wildman–Crippen MR) is 61.7 cm³/mol. The van der Waals surface area contributed by atoms with E-state index >= 15 is 0 Å². The molecular formula is C13H12O5. The van der Waals surface area contributed by atoms with Gasteiger partial charge in [-0.3, -0.25) is 0 Å². The van der Waals surface area contributed by atoms with Crippen LogP contribution in [0.1, 0.15) is 6.42 Å². The van der Waals surface area contributed by atoms with Gasteiger partial charge in [-0.15, -0.1) is 0 Å². The van der Waals surface area contributed by atoms with Crippen molar-refractivity contribution in [1.82, 2.24) is 0 Å². The van der Waals surface area contributed by atoms with Crippen molar-refractivity contribution in [2.24, 2.45) is 0 Å². The first-order chi connectivity index (χ1) is 8.81. The highest BCUT2D eigenvalue weighted by Gasteiger charge is 2.18. The van der Waals surface area contributed by atoms with E-state index in [4.69, 9.17) is 18.9 Å². The molecule has 0 bridgehead atoms. The number of rotatable bonds is 3. The van der Waals surface area contributed by atoms with Crippen molar-refractivity contribution >= 4 is 5.97 Å². The van der Waals surface area contributed by atoms with Gasteiger partial charge in [0.25, 0.3) is 0 Å². The molecule has 0 saturated heterocycles. The van der Waals surface area contributed by atoms with E-state index in [9.17, 15) is 4.79 Å². The van der Waals surface area contributed by atoms with Gasteiger partial charge in [0.05, 0.1) is 0 Å². The maximum atomic E-state index is 11.0. The van der Waals surface area contributed by atoms with Crippen LogP contribution in [-0.2, 0) is 9.53 Å². The van der Waals surface area contributed by atoms with Gasteiger partial charge in [0, 0.05) is 18.6 Å². The van der Waals surface area contributed by atoms with Crippen LogP contribution in [0.15, 0.2) is 30.4 Å². The molecule has 94 valence electrons. The summed E-state index contributed by atoms with van der Waals surface area (Å²) in [6.45, 7) is 0.569. The zero-order valence-corrected chi connectivity index (χ0v) is 9.63. The van der Waals surface area contributed by atoms with Gasteiger partial charge in [0.2, 0.25) is 6.79 Å². The van der Waals surface area contributed by atoms with Gasteiger partial charge in [-0.05, 0) is 12.1 Å². The Balaban J connectivity index is 1.60. The molecule has 18 heavy (non-hydrogen) atoms. The van der Waals surface area contributed by atoms with Gasteiger partial charge in [0.1, 0.15) is 18.5 Å². The number of carbonyl (C=O) groups is 1. The SMILES string of the molecule is O=C1C=CC[C@H](COc2ccc3c(c2)OCO3)O1. The molecule has 1 aromatic carbocycles. The van der Waals surface area contributed by atoms with E-state index in [-0.39, 0.29) is 18.9 Å². The standard InChI is InChI=1S/C13H12O5/c14-13-3-1-2-10(18-13)7-15-9-4-5-11-12(6-9)17-8-16-11/h1,3-6,10H,2,7-8H2/t10-/m1/s1. The fourth-order valence-corrected chi connectivity index (χ4v) is 1.83. The van der Waals surface area contributed by atoms with Crippen molar-refractivity contribution in [2.75, 3.05) is 13.4 Å². The highest BCUT2D eigenvalue weighted by Crippen LogP contribution is 2.35. The molecule has 5 nitrogen and oxygen atoms in total. The number of cyclic esters (lactones) is 1. The molecule has 0 unspecified atom stereocenters. The van der Waals surface area contributed by atoms with Gasteiger partial charge >= 0.3 is 5.97 Å². The third-order valence-electron chi connectivity index (χ3n) is 2.72. The van der Waals surface area contributed by atoms with Crippen LogP contribution in [0.3, 0.4) is 0 Å². The average Bonchev–Trinajstić information content (AvgIpc) is 2.84. The molecule has 0 radical (unpaired) electrons. The molecule has 0 amide bonds. The summed E-state index contributed by atoms with van der Waals surface area (Å²) >= 11 is 0. The van der Waals surface area contributed by atoms with Crippen molar-refractivity contribution in [3.05, 3.63) is 30.4 Å². The second-order valence-electron chi connectivity index (χ2n) is 4.02. The molecule has 1 aromatic rings. The van der Waals surface area contributed by atoms with Gasteiger partial charge in [-0.2, -0.15) is 0 Å². The fraction of sp³-hybridized carbons (Fsp3) is 0.308. The Morgan fingerprint density at radius 2 is 2.17 bits per heavy atom. The lowest BCUT2D eigenvalue weighted by molar-refractivity contribution is -0.145. The van der Waals surface area contributed by atoms with E-state index in [1.165, 1.54) is 6.08 Å². The van der Waals surface area contributed by atoms with E-state index in [0.717, 1.165) is 5.75 Å². The van der Waals surface area contributed by atoms with Crippen molar-refractivity contribution in [3.8, 4) is 17.2 Å². The summed E-state index contributed by atoms with van der Waals surface area (Å²) in [5.41, 5.74) is 0. The topological polar surface area (TPSA) is 54.0 Å². The smallest absolute Gasteiger partial charge is 0.330 e. The molecule has 0 aliphatic carbocycles. The molecule has 5 heteroatoms. The molecule has 2 aliphatic rings. The molecule has 0 saturated carbocycles. The Morgan fingerprint density at radius 1 is 1.28 bits per heavy atom. The molecule has 0 aromatic heterocycles. The number of hydrogen-bond acceptors (Lipinski definition) is 5. The van der Waals surface area contributed by atoms with Crippen LogP contribution < -0.4 is 14.2 Å². The Morgan fingerprint density at radius 3 is 3.06 bits per heavy atom. The number of ether oxygens (including phenoxy) is 4. The maximum absolute atomic E-state index is 11.0. The molecule has 3 rings (SSSR count). The highest BCUT2D eigenvalue weighted by molar-refractivity contribution is 5.82. The molecular weight excluding hydrogens is 236 g/mol. The van der Waals surface area contributed by atoms with Crippen molar-refractivity contribution in [1.29, 1.82) is 0 Å².